The van der Waals surface area contributed by atoms with Crippen LogP contribution < -0.4 is 16.4 Å². The minimum absolute atomic E-state index is 0.147. The number of nitrogens with one attached hydrogen (secondary N) is 2. The summed E-state index contributed by atoms with van der Waals surface area (Å²) in [5.74, 6) is 0.167. The third kappa shape index (κ3) is 3.67. The zero-order valence-corrected chi connectivity index (χ0v) is 10.7. The number of hydrogen-bond donors (Lipinski definition) is 3. The first-order valence-electron chi connectivity index (χ1n) is 5.98. The van der Waals surface area contributed by atoms with Crippen LogP contribution in [0.1, 0.15) is 20.3 Å². The fourth-order valence-electron chi connectivity index (χ4n) is 2.04. The smallest absolute Gasteiger partial charge is 0.321 e. The van der Waals surface area contributed by atoms with E-state index in [-0.39, 0.29) is 18.0 Å². The van der Waals surface area contributed by atoms with Gasteiger partial charge in [0.1, 0.15) is 0 Å². The number of rotatable bonds is 3. The van der Waals surface area contributed by atoms with Gasteiger partial charge >= 0.3 is 6.03 Å². The molecule has 1 aliphatic rings. The van der Waals surface area contributed by atoms with Crippen molar-refractivity contribution in [1.29, 1.82) is 0 Å². The molecule has 0 aromatic heterocycles. The minimum atomic E-state index is -0.468. The highest BCUT2D eigenvalue weighted by atomic mass is 16.2. The van der Waals surface area contributed by atoms with E-state index in [9.17, 15) is 9.59 Å². The van der Waals surface area contributed by atoms with Crippen LogP contribution in [0.2, 0.25) is 0 Å². The van der Waals surface area contributed by atoms with Gasteiger partial charge in [-0.05, 0) is 32.7 Å². The summed E-state index contributed by atoms with van der Waals surface area (Å²) < 4.78 is 0. The van der Waals surface area contributed by atoms with E-state index in [4.69, 9.17) is 5.73 Å². The topological polar surface area (TPSA) is 87.5 Å². The first-order chi connectivity index (χ1) is 7.95. The molecule has 1 fully saturated rings. The van der Waals surface area contributed by atoms with Crippen LogP contribution in [-0.4, -0.2) is 49.1 Å². The van der Waals surface area contributed by atoms with Crippen LogP contribution in [0.15, 0.2) is 0 Å². The predicted octanol–water partition coefficient (Wildman–Crippen LogP) is -0.500. The molecule has 0 bridgehead atoms. The fourth-order valence-corrected chi connectivity index (χ4v) is 2.04. The van der Waals surface area contributed by atoms with Crippen molar-refractivity contribution in [1.82, 2.24) is 15.5 Å². The second-order valence-corrected chi connectivity index (χ2v) is 4.65. The minimum Gasteiger partial charge on any atom is -0.341 e. The van der Waals surface area contributed by atoms with Gasteiger partial charge in [0.2, 0.25) is 5.91 Å². The Morgan fingerprint density at radius 3 is 2.53 bits per heavy atom. The Labute approximate surface area is 102 Å². The molecule has 0 aliphatic carbocycles. The molecule has 3 unspecified atom stereocenters. The highest BCUT2D eigenvalue weighted by Gasteiger charge is 2.31. The summed E-state index contributed by atoms with van der Waals surface area (Å²) in [6.07, 6.45) is 1.01. The number of amides is 3. The molecule has 4 N–H and O–H groups in total. The van der Waals surface area contributed by atoms with E-state index in [2.05, 4.69) is 15.5 Å². The SMILES string of the molecule is CNC(=O)NC(=O)C(C)N1CCC(C(C)N)C1. The maximum Gasteiger partial charge on any atom is 0.321 e. The standard InChI is InChI=1S/C11H22N4O2/c1-7(12)9-4-5-15(6-9)8(2)10(16)14-11(17)13-3/h7-9H,4-6,12H2,1-3H3,(H2,13,14,16,17). The number of hydrogen-bond acceptors (Lipinski definition) is 4. The number of carbonyl (C=O) groups is 2. The normalized spacial score (nSPS) is 24.1. The summed E-state index contributed by atoms with van der Waals surface area (Å²) in [6, 6.07) is -0.616. The van der Waals surface area contributed by atoms with Crippen LogP contribution in [0.5, 0.6) is 0 Å². The molecular weight excluding hydrogens is 220 g/mol. The number of imide groups is 1. The number of urea groups is 1. The van der Waals surface area contributed by atoms with Crippen molar-refractivity contribution in [3.05, 3.63) is 0 Å². The summed E-state index contributed by atoms with van der Waals surface area (Å²) in [6.45, 7) is 5.47. The quantitative estimate of drug-likeness (QED) is 0.622. The lowest BCUT2D eigenvalue weighted by Crippen LogP contribution is -2.48. The maximum atomic E-state index is 11.7. The lowest BCUT2D eigenvalue weighted by Gasteiger charge is -2.23. The summed E-state index contributed by atoms with van der Waals surface area (Å²) >= 11 is 0. The number of nitrogens with two attached hydrogens (primary N) is 1. The molecule has 0 spiro atoms. The van der Waals surface area contributed by atoms with E-state index in [0.29, 0.717) is 5.92 Å². The van der Waals surface area contributed by atoms with Crippen LogP contribution in [0.25, 0.3) is 0 Å². The van der Waals surface area contributed by atoms with Crippen molar-refractivity contribution in [2.24, 2.45) is 11.7 Å². The molecule has 0 aromatic carbocycles. The molecule has 6 nitrogen and oxygen atoms in total. The number of likely N-dealkylation sites (tertiary alicyclic amines) is 1. The summed E-state index contributed by atoms with van der Waals surface area (Å²) in [5.41, 5.74) is 5.85. The molecule has 3 atom stereocenters. The third-order valence-corrected chi connectivity index (χ3v) is 3.39. The Morgan fingerprint density at radius 2 is 2.06 bits per heavy atom. The van der Waals surface area contributed by atoms with Gasteiger partial charge in [-0.3, -0.25) is 15.0 Å². The second-order valence-electron chi connectivity index (χ2n) is 4.65. The van der Waals surface area contributed by atoms with Gasteiger partial charge in [-0.1, -0.05) is 0 Å². The molecule has 1 rings (SSSR count). The van der Waals surface area contributed by atoms with Crippen molar-refractivity contribution in [3.63, 3.8) is 0 Å². The Kier molecular flexibility index (Phi) is 4.89. The summed E-state index contributed by atoms with van der Waals surface area (Å²) in [4.78, 5) is 24.8. The summed E-state index contributed by atoms with van der Waals surface area (Å²) in [7, 11) is 1.48. The van der Waals surface area contributed by atoms with Gasteiger partial charge in [-0.15, -0.1) is 0 Å². The highest BCUT2D eigenvalue weighted by molar-refractivity contribution is 5.96. The van der Waals surface area contributed by atoms with Gasteiger partial charge in [0.05, 0.1) is 6.04 Å². The van der Waals surface area contributed by atoms with Gasteiger partial charge in [0.25, 0.3) is 0 Å². The van der Waals surface area contributed by atoms with Crippen LogP contribution in [0, 0.1) is 5.92 Å². The average Bonchev–Trinajstić information content (AvgIpc) is 2.77. The molecule has 98 valence electrons. The molecule has 3 amide bonds. The van der Waals surface area contributed by atoms with Crippen molar-refractivity contribution in [2.45, 2.75) is 32.4 Å². The van der Waals surface area contributed by atoms with E-state index in [1.165, 1.54) is 7.05 Å². The fraction of sp³-hybridized carbons (Fsp3) is 0.818. The zero-order chi connectivity index (χ0) is 13.0. The number of carbonyl (C=O) groups excluding carboxylic acids is 2. The van der Waals surface area contributed by atoms with Crippen molar-refractivity contribution in [2.75, 3.05) is 20.1 Å². The predicted molar refractivity (Wildman–Crippen MR) is 65.4 cm³/mol. The Bertz CT molecular complexity index is 293. The largest absolute Gasteiger partial charge is 0.341 e. The molecule has 6 heteroatoms. The lowest BCUT2D eigenvalue weighted by atomic mass is 10.0. The first kappa shape index (κ1) is 13.9. The Balaban J connectivity index is 2.46. The van der Waals surface area contributed by atoms with Gasteiger partial charge in [-0.25, -0.2) is 4.79 Å². The van der Waals surface area contributed by atoms with Crippen molar-refractivity contribution in [3.8, 4) is 0 Å². The van der Waals surface area contributed by atoms with E-state index >= 15 is 0 Å². The van der Waals surface area contributed by atoms with Crippen LogP contribution in [0.3, 0.4) is 0 Å². The Hall–Kier alpha value is -1.14. The van der Waals surface area contributed by atoms with Crippen molar-refractivity contribution < 1.29 is 9.59 Å². The molecule has 17 heavy (non-hydrogen) atoms. The van der Waals surface area contributed by atoms with Gasteiger partial charge in [0.15, 0.2) is 0 Å². The van der Waals surface area contributed by atoms with E-state index < -0.39 is 6.03 Å². The molecule has 1 saturated heterocycles. The summed E-state index contributed by atoms with van der Waals surface area (Å²) in [5, 5.41) is 4.65. The van der Waals surface area contributed by atoms with E-state index in [1.54, 1.807) is 0 Å². The third-order valence-electron chi connectivity index (χ3n) is 3.39. The molecule has 0 radical (unpaired) electrons. The van der Waals surface area contributed by atoms with Gasteiger partial charge < -0.3 is 11.1 Å². The monoisotopic (exact) mass is 242 g/mol. The molecule has 1 heterocycles. The van der Waals surface area contributed by atoms with Gasteiger partial charge in [-0.2, -0.15) is 0 Å². The lowest BCUT2D eigenvalue weighted by molar-refractivity contribution is -0.124. The first-order valence-corrected chi connectivity index (χ1v) is 5.98. The zero-order valence-electron chi connectivity index (χ0n) is 10.7. The van der Waals surface area contributed by atoms with Crippen molar-refractivity contribution >= 4 is 11.9 Å². The maximum absolute atomic E-state index is 11.7. The molecule has 1 aliphatic heterocycles. The van der Waals surface area contributed by atoms with Crippen LogP contribution >= 0.6 is 0 Å². The van der Waals surface area contributed by atoms with Crippen LogP contribution in [0.4, 0.5) is 4.79 Å². The van der Waals surface area contributed by atoms with E-state index in [1.807, 2.05) is 13.8 Å². The Morgan fingerprint density at radius 1 is 1.41 bits per heavy atom. The second kappa shape index (κ2) is 5.97. The molecule has 0 saturated carbocycles. The molecular formula is C11H22N4O2. The number of nitrogens with zero attached hydrogens (tertiary/aromatic N) is 1. The average molecular weight is 242 g/mol. The van der Waals surface area contributed by atoms with Crippen LogP contribution in [-0.2, 0) is 4.79 Å². The highest BCUT2D eigenvalue weighted by Crippen LogP contribution is 2.20. The molecule has 0 aromatic rings. The van der Waals surface area contributed by atoms with E-state index in [0.717, 1.165) is 19.5 Å². The van der Waals surface area contributed by atoms with Gasteiger partial charge in [0, 0.05) is 19.6 Å².